The summed E-state index contributed by atoms with van der Waals surface area (Å²) in [5.74, 6) is -0.267. The van der Waals surface area contributed by atoms with Gasteiger partial charge < -0.3 is 16.4 Å². The first-order chi connectivity index (χ1) is 14.0. The molecule has 4 N–H and O–H groups in total. The second kappa shape index (κ2) is 7.63. The number of fused-ring (bicyclic) bond motifs is 1. The Morgan fingerprint density at radius 2 is 1.86 bits per heavy atom. The molecule has 0 saturated carbocycles. The molecule has 2 aromatic heterocycles. The molecule has 146 valence electrons. The lowest BCUT2D eigenvalue weighted by Gasteiger charge is -2.10. The Morgan fingerprint density at radius 3 is 2.62 bits per heavy atom. The number of hydrogen-bond donors (Lipinski definition) is 3. The fourth-order valence-corrected chi connectivity index (χ4v) is 3.22. The summed E-state index contributed by atoms with van der Waals surface area (Å²) in [7, 11) is 0. The molecule has 0 atom stereocenters. The number of halogens is 1. The first-order valence-electron chi connectivity index (χ1n) is 9.22. The van der Waals surface area contributed by atoms with E-state index >= 15 is 0 Å². The Bertz CT molecular complexity index is 1180. The highest BCUT2D eigenvalue weighted by molar-refractivity contribution is 5.91. The Kier molecular flexibility index (Phi) is 4.87. The molecule has 2 aromatic carbocycles. The predicted molar refractivity (Wildman–Crippen MR) is 113 cm³/mol. The molecule has 2 amide bonds. The molecule has 7 heteroatoms. The topological polar surface area (TPSA) is 84.5 Å². The summed E-state index contributed by atoms with van der Waals surface area (Å²) in [4.78, 5) is 16.3. The minimum Gasteiger partial charge on any atom is -0.399 e. The Morgan fingerprint density at radius 1 is 1.07 bits per heavy atom. The number of imidazole rings is 1. The number of anilines is 2. The third-order valence-electron chi connectivity index (χ3n) is 4.54. The largest absolute Gasteiger partial charge is 0.399 e. The number of nitrogen functional groups attached to an aromatic ring is 1. The van der Waals surface area contributed by atoms with Crippen molar-refractivity contribution in [2.75, 3.05) is 17.6 Å². The van der Waals surface area contributed by atoms with Crippen molar-refractivity contribution in [2.45, 2.75) is 6.92 Å². The number of pyridine rings is 1. The van der Waals surface area contributed by atoms with Crippen LogP contribution in [0.1, 0.15) is 6.92 Å². The van der Waals surface area contributed by atoms with Gasteiger partial charge >= 0.3 is 6.03 Å². The van der Waals surface area contributed by atoms with Gasteiger partial charge in [0.15, 0.2) is 0 Å². The first-order valence-corrected chi connectivity index (χ1v) is 9.22. The number of rotatable bonds is 4. The molecule has 0 aliphatic carbocycles. The number of urea groups is 1. The monoisotopic (exact) mass is 389 g/mol. The van der Waals surface area contributed by atoms with E-state index in [-0.39, 0.29) is 11.8 Å². The van der Waals surface area contributed by atoms with Gasteiger partial charge in [0.1, 0.15) is 11.5 Å². The van der Waals surface area contributed by atoms with E-state index in [0.717, 1.165) is 28.0 Å². The van der Waals surface area contributed by atoms with Crippen LogP contribution in [-0.4, -0.2) is 22.0 Å². The Balaban J connectivity index is 1.70. The molecule has 4 aromatic rings. The zero-order valence-corrected chi connectivity index (χ0v) is 15.8. The van der Waals surface area contributed by atoms with Crippen LogP contribution in [-0.2, 0) is 0 Å². The summed E-state index contributed by atoms with van der Waals surface area (Å²) in [6, 6.07) is 15.3. The number of nitrogens with two attached hydrogens (primary N) is 1. The fraction of sp³-hybridized carbons (Fsp3) is 0.0909. The molecule has 0 bridgehead atoms. The van der Waals surface area contributed by atoms with Crippen LogP contribution >= 0.6 is 0 Å². The highest BCUT2D eigenvalue weighted by Gasteiger charge is 2.10. The maximum atomic E-state index is 13.2. The van der Waals surface area contributed by atoms with Gasteiger partial charge in [0.2, 0.25) is 0 Å². The lowest BCUT2D eigenvalue weighted by atomic mass is 10.1. The summed E-state index contributed by atoms with van der Waals surface area (Å²) in [5.41, 5.74) is 11.5. The standard InChI is InChI=1S/C22H20FN5O/c1-2-25-22(29)27-19-10-16(9-18(24)12-19)20-13-26-21-11-15(7-8-28(20)21)14-3-5-17(23)6-4-14/h3-13H,2,24H2,1H3,(H2,25,27,29). The van der Waals surface area contributed by atoms with Crippen LogP contribution in [0.3, 0.4) is 0 Å². The van der Waals surface area contributed by atoms with Crippen LogP contribution < -0.4 is 16.4 Å². The summed E-state index contributed by atoms with van der Waals surface area (Å²) in [6.07, 6.45) is 3.67. The minimum atomic E-state index is -0.286. The van der Waals surface area contributed by atoms with E-state index in [0.29, 0.717) is 17.9 Å². The molecule has 0 aliphatic heterocycles. The van der Waals surface area contributed by atoms with E-state index in [2.05, 4.69) is 15.6 Å². The van der Waals surface area contributed by atoms with Gasteiger partial charge in [-0.15, -0.1) is 0 Å². The number of benzene rings is 2. The zero-order chi connectivity index (χ0) is 20.4. The fourth-order valence-electron chi connectivity index (χ4n) is 3.22. The van der Waals surface area contributed by atoms with Crippen molar-refractivity contribution < 1.29 is 9.18 Å². The molecule has 0 radical (unpaired) electrons. The number of amides is 2. The third-order valence-corrected chi connectivity index (χ3v) is 4.54. The molecule has 0 spiro atoms. The molecule has 29 heavy (non-hydrogen) atoms. The SMILES string of the molecule is CCNC(=O)Nc1cc(N)cc(-c2cnc3cc(-c4ccc(F)cc4)ccn23)c1. The van der Waals surface area contributed by atoms with Gasteiger partial charge in [0, 0.05) is 29.7 Å². The minimum absolute atomic E-state index is 0.267. The number of carbonyl (C=O) groups excluding carboxylic acids is 1. The van der Waals surface area contributed by atoms with Crippen LogP contribution in [0.25, 0.3) is 28.0 Å². The van der Waals surface area contributed by atoms with Gasteiger partial charge in [-0.3, -0.25) is 4.40 Å². The molecule has 2 heterocycles. The number of carbonyl (C=O) groups is 1. The molecule has 6 nitrogen and oxygen atoms in total. The number of hydrogen-bond acceptors (Lipinski definition) is 3. The van der Waals surface area contributed by atoms with Gasteiger partial charge in [-0.1, -0.05) is 12.1 Å². The zero-order valence-electron chi connectivity index (χ0n) is 15.8. The van der Waals surface area contributed by atoms with E-state index < -0.39 is 0 Å². The number of nitrogens with one attached hydrogen (secondary N) is 2. The normalized spacial score (nSPS) is 10.8. The third kappa shape index (κ3) is 3.89. The molecule has 4 rings (SSSR count). The average Bonchev–Trinajstić information content (AvgIpc) is 3.11. The highest BCUT2D eigenvalue weighted by Crippen LogP contribution is 2.28. The smallest absolute Gasteiger partial charge is 0.319 e. The van der Waals surface area contributed by atoms with Crippen molar-refractivity contribution in [3.63, 3.8) is 0 Å². The second-order valence-electron chi connectivity index (χ2n) is 6.62. The molecule has 0 aliphatic rings. The van der Waals surface area contributed by atoms with E-state index in [9.17, 15) is 9.18 Å². The van der Waals surface area contributed by atoms with Gasteiger partial charge in [-0.2, -0.15) is 0 Å². The Labute approximate surface area is 167 Å². The lowest BCUT2D eigenvalue weighted by Crippen LogP contribution is -2.28. The van der Waals surface area contributed by atoms with E-state index in [1.165, 1.54) is 12.1 Å². The Hall–Kier alpha value is -3.87. The summed E-state index contributed by atoms with van der Waals surface area (Å²) in [6.45, 7) is 2.38. The van der Waals surface area contributed by atoms with E-state index in [1.54, 1.807) is 24.4 Å². The maximum Gasteiger partial charge on any atom is 0.319 e. The van der Waals surface area contributed by atoms with Crippen molar-refractivity contribution in [2.24, 2.45) is 0 Å². The number of aromatic nitrogens is 2. The lowest BCUT2D eigenvalue weighted by molar-refractivity contribution is 0.252. The first kappa shape index (κ1) is 18.5. The van der Waals surface area contributed by atoms with Gasteiger partial charge in [0.05, 0.1) is 11.9 Å². The van der Waals surface area contributed by atoms with Crippen molar-refractivity contribution >= 4 is 23.1 Å². The van der Waals surface area contributed by atoms with Crippen LogP contribution in [0.5, 0.6) is 0 Å². The van der Waals surface area contributed by atoms with Crippen molar-refractivity contribution in [1.82, 2.24) is 14.7 Å². The number of nitrogens with zero attached hydrogens (tertiary/aromatic N) is 2. The summed E-state index contributed by atoms with van der Waals surface area (Å²) < 4.78 is 15.1. The van der Waals surface area contributed by atoms with E-state index in [1.807, 2.05) is 41.8 Å². The average molecular weight is 389 g/mol. The highest BCUT2D eigenvalue weighted by atomic mass is 19.1. The van der Waals surface area contributed by atoms with Gasteiger partial charge in [-0.05, 0) is 60.5 Å². The molecule has 0 fully saturated rings. The summed E-state index contributed by atoms with van der Waals surface area (Å²) in [5, 5.41) is 5.47. The van der Waals surface area contributed by atoms with Crippen LogP contribution in [0.15, 0.2) is 67.0 Å². The second-order valence-corrected chi connectivity index (χ2v) is 6.62. The van der Waals surface area contributed by atoms with Crippen molar-refractivity contribution in [1.29, 1.82) is 0 Å². The quantitative estimate of drug-likeness (QED) is 0.448. The maximum absolute atomic E-state index is 13.2. The van der Waals surface area contributed by atoms with Gasteiger partial charge in [0.25, 0.3) is 0 Å². The molecule has 0 unspecified atom stereocenters. The predicted octanol–water partition coefficient (Wildman–Crippen LogP) is 4.53. The van der Waals surface area contributed by atoms with Crippen LogP contribution in [0, 0.1) is 5.82 Å². The summed E-state index contributed by atoms with van der Waals surface area (Å²) >= 11 is 0. The van der Waals surface area contributed by atoms with Gasteiger partial charge in [-0.25, -0.2) is 14.2 Å². The molecular formula is C22H20FN5O. The van der Waals surface area contributed by atoms with Crippen molar-refractivity contribution in [3.05, 3.63) is 72.8 Å². The molecule has 0 saturated heterocycles. The van der Waals surface area contributed by atoms with E-state index in [4.69, 9.17) is 5.73 Å². The van der Waals surface area contributed by atoms with Crippen molar-refractivity contribution in [3.8, 4) is 22.4 Å². The van der Waals surface area contributed by atoms with Crippen LogP contribution in [0.4, 0.5) is 20.6 Å². The molecular weight excluding hydrogens is 369 g/mol. The van der Waals surface area contributed by atoms with Crippen LogP contribution in [0.2, 0.25) is 0 Å².